The Kier molecular flexibility index (Phi) is 5.92. The normalized spacial score (nSPS) is 10.4. The fourth-order valence-electron chi connectivity index (χ4n) is 1.78. The third-order valence-electron chi connectivity index (χ3n) is 2.73. The lowest BCUT2D eigenvalue weighted by atomic mass is 10.2. The van der Waals surface area contributed by atoms with Gasteiger partial charge in [0.15, 0.2) is 0 Å². The monoisotopic (exact) mass is 319 g/mol. The molecule has 0 aliphatic heterocycles. The molecule has 2 rings (SSSR count). The molecule has 0 fully saturated rings. The maximum atomic E-state index is 5.65. The van der Waals surface area contributed by atoms with Crippen molar-refractivity contribution in [2.24, 2.45) is 0 Å². The number of rotatable bonds is 7. The Morgan fingerprint density at radius 1 is 1.00 bits per heavy atom. The molecule has 0 unspecified atom stereocenters. The Morgan fingerprint density at radius 3 is 2.63 bits per heavy atom. The predicted molar refractivity (Wildman–Crippen MR) is 83.3 cm³/mol. The van der Waals surface area contributed by atoms with Gasteiger partial charge in [-0.3, -0.25) is 0 Å². The summed E-state index contributed by atoms with van der Waals surface area (Å²) in [6.45, 7) is 2.37. The summed E-state index contributed by atoms with van der Waals surface area (Å²) in [7, 11) is 0. The van der Waals surface area contributed by atoms with Crippen LogP contribution in [0.4, 0.5) is 5.69 Å². The van der Waals surface area contributed by atoms with Gasteiger partial charge in [-0.1, -0.05) is 46.3 Å². The minimum absolute atomic E-state index is 0.671. The topological polar surface area (TPSA) is 21.3 Å². The molecule has 0 spiro atoms. The van der Waals surface area contributed by atoms with Gasteiger partial charge in [-0.15, -0.1) is 0 Å². The number of para-hydroxylation sites is 1. The zero-order valence-corrected chi connectivity index (χ0v) is 12.4. The Morgan fingerprint density at radius 2 is 1.84 bits per heavy atom. The van der Waals surface area contributed by atoms with Crippen molar-refractivity contribution >= 4 is 21.6 Å². The Labute approximate surface area is 122 Å². The average molecular weight is 320 g/mol. The number of nitrogens with one attached hydrogen (secondary N) is 1. The van der Waals surface area contributed by atoms with Gasteiger partial charge in [-0.25, -0.2) is 0 Å². The van der Waals surface area contributed by atoms with Crippen molar-refractivity contribution in [3.8, 4) is 0 Å². The van der Waals surface area contributed by atoms with Crippen LogP contribution >= 0.6 is 15.9 Å². The lowest BCUT2D eigenvalue weighted by molar-refractivity contribution is 0.120. The van der Waals surface area contributed by atoms with E-state index in [1.165, 1.54) is 5.56 Å². The Balaban J connectivity index is 1.58. The van der Waals surface area contributed by atoms with E-state index in [0.29, 0.717) is 6.61 Å². The molecule has 0 bridgehead atoms. The Bertz CT molecular complexity index is 487. The first kappa shape index (κ1) is 14.1. The van der Waals surface area contributed by atoms with Crippen LogP contribution in [0, 0.1) is 0 Å². The van der Waals surface area contributed by atoms with E-state index in [4.69, 9.17) is 4.74 Å². The highest BCUT2D eigenvalue weighted by Crippen LogP contribution is 2.12. The molecule has 0 atom stereocenters. The predicted octanol–water partition coefficient (Wildman–Crippen LogP) is 4.47. The molecule has 0 heterocycles. The van der Waals surface area contributed by atoms with E-state index in [2.05, 4.69) is 45.5 Å². The van der Waals surface area contributed by atoms with Gasteiger partial charge in [0.1, 0.15) is 0 Å². The van der Waals surface area contributed by atoms with Crippen LogP contribution in [0.5, 0.6) is 0 Å². The van der Waals surface area contributed by atoms with Crippen molar-refractivity contribution in [2.45, 2.75) is 13.0 Å². The van der Waals surface area contributed by atoms with Crippen molar-refractivity contribution in [2.75, 3.05) is 18.5 Å². The van der Waals surface area contributed by atoms with Crippen molar-refractivity contribution in [1.82, 2.24) is 0 Å². The zero-order valence-electron chi connectivity index (χ0n) is 10.8. The lowest BCUT2D eigenvalue weighted by Gasteiger charge is -2.07. The van der Waals surface area contributed by atoms with Crippen molar-refractivity contribution in [3.63, 3.8) is 0 Å². The summed E-state index contributed by atoms with van der Waals surface area (Å²) in [5.41, 5.74) is 2.36. The largest absolute Gasteiger partial charge is 0.385 e. The molecule has 0 aliphatic rings. The molecule has 0 aromatic heterocycles. The van der Waals surface area contributed by atoms with Gasteiger partial charge in [0.05, 0.1) is 6.61 Å². The number of anilines is 1. The second-order valence-corrected chi connectivity index (χ2v) is 5.24. The SMILES string of the molecule is Brc1cccc(COCCCNc2ccccc2)c1. The van der Waals surface area contributed by atoms with E-state index in [1.54, 1.807) is 0 Å². The summed E-state index contributed by atoms with van der Waals surface area (Å²) in [6, 6.07) is 18.4. The number of halogens is 1. The van der Waals surface area contributed by atoms with E-state index in [-0.39, 0.29) is 0 Å². The molecular weight excluding hydrogens is 302 g/mol. The summed E-state index contributed by atoms with van der Waals surface area (Å²) in [4.78, 5) is 0. The molecule has 0 aliphatic carbocycles. The molecule has 0 saturated heterocycles. The highest BCUT2D eigenvalue weighted by atomic mass is 79.9. The highest BCUT2D eigenvalue weighted by molar-refractivity contribution is 9.10. The Hall–Kier alpha value is -1.32. The molecule has 1 N–H and O–H groups in total. The van der Waals surface area contributed by atoms with E-state index >= 15 is 0 Å². The number of hydrogen-bond acceptors (Lipinski definition) is 2. The average Bonchev–Trinajstić information content (AvgIpc) is 2.44. The minimum Gasteiger partial charge on any atom is -0.385 e. The van der Waals surface area contributed by atoms with Crippen LogP contribution in [0.1, 0.15) is 12.0 Å². The van der Waals surface area contributed by atoms with Crippen LogP contribution in [0.15, 0.2) is 59.1 Å². The van der Waals surface area contributed by atoms with E-state index in [0.717, 1.165) is 29.7 Å². The maximum Gasteiger partial charge on any atom is 0.0717 e. The maximum absolute atomic E-state index is 5.65. The van der Waals surface area contributed by atoms with Crippen LogP contribution in [-0.2, 0) is 11.3 Å². The molecule has 2 nitrogen and oxygen atoms in total. The van der Waals surface area contributed by atoms with E-state index < -0.39 is 0 Å². The minimum atomic E-state index is 0.671. The van der Waals surface area contributed by atoms with Crippen LogP contribution in [0.2, 0.25) is 0 Å². The van der Waals surface area contributed by atoms with Gasteiger partial charge < -0.3 is 10.1 Å². The summed E-state index contributed by atoms with van der Waals surface area (Å²) < 4.78 is 6.75. The second-order valence-electron chi connectivity index (χ2n) is 4.33. The van der Waals surface area contributed by atoms with Crippen molar-refractivity contribution in [1.29, 1.82) is 0 Å². The van der Waals surface area contributed by atoms with Crippen LogP contribution < -0.4 is 5.32 Å². The van der Waals surface area contributed by atoms with Crippen LogP contribution in [0.25, 0.3) is 0 Å². The van der Waals surface area contributed by atoms with Crippen LogP contribution in [-0.4, -0.2) is 13.2 Å². The summed E-state index contributed by atoms with van der Waals surface area (Å²) in [5, 5.41) is 3.36. The fraction of sp³-hybridized carbons (Fsp3) is 0.250. The summed E-state index contributed by atoms with van der Waals surface area (Å²) in [6.07, 6.45) is 1.00. The van der Waals surface area contributed by atoms with Gasteiger partial charge in [0.2, 0.25) is 0 Å². The first-order chi connectivity index (χ1) is 9.34. The standard InChI is InChI=1S/C16H18BrNO/c17-15-7-4-6-14(12-15)13-19-11-5-10-18-16-8-2-1-3-9-16/h1-4,6-9,12,18H,5,10-11,13H2. The molecule has 0 amide bonds. The smallest absolute Gasteiger partial charge is 0.0717 e. The second kappa shape index (κ2) is 7.97. The lowest BCUT2D eigenvalue weighted by Crippen LogP contribution is -2.05. The molecule has 3 heteroatoms. The third-order valence-corrected chi connectivity index (χ3v) is 3.22. The molecule has 100 valence electrons. The number of ether oxygens (including phenoxy) is 1. The van der Waals surface area contributed by atoms with E-state index in [9.17, 15) is 0 Å². The van der Waals surface area contributed by atoms with Crippen LogP contribution in [0.3, 0.4) is 0 Å². The molecular formula is C16H18BrNO. The first-order valence-electron chi connectivity index (χ1n) is 6.46. The molecule has 0 saturated carbocycles. The molecule has 2 aromatic carbocycles. The fourth-order valence-corrected chi connectivity index (χ4v) is 2.23. The van der Waals surface area contributed by atoms with Gasteiger partial charge in [0.25, 0.3) is 0 Å². The van der Waals surface area contributed by atoms with Crippen molar-refractivity contribution in [3.05, 3.63) is 64.6 Å². The number of benzene rings is 2. The summed E-state index contributed by atoms with van der Waals surface area (Å²) >= 11 is 3.46. The quantitative estimate of drug-likeness (QED) is 0.760. The van der Waals surface area contributed by atoms with Gasteiger partial charge in [-0.05, 0) is 36.2 Å². The number of hydrogen-bond donors (Lipinski definition) is 1. The third kappa shape index (κ3) is 5.45. The van der Waals surface area contributed by atoms with Crippen molar-refractivity contribution < 1.29 is 4.74 Å². The van der Waals surface area contributed by atoms with E-state index in [1.807, 2.05) is 30.3 Å². The highest BCUT2D eigenvalue weighted by Gasteiger charge is 1.95. The van der Waals surface area contributed by atoms with Gasteiger partial charge >= 0.3 is 0 Å². The van der Waals surface area contributed by atoms with Gasteiger partial charge in [0, 0.05) is 23.3 Å². The summed E-state index contributed by atoms with van der Waals surface area (Å²) in [5.74, 6) is 0. The molecule has 19 heavy (non-hydrogen) atoms. The zero-order chi connectivity index (χ0) is 13.3. The first-order valence-corrected chi connectivity index (χ1v) is 7.25. The van der Waals surface area contributed by atoms with Gasteiger partial charge in [-0.2, -0.15) is 0 Å². The molecule has 0 radical (unpaired) electrons. The molecule has 2 aromatic rings.